The van der Waals surface area contributed by atoms with Crippen LogP contribution in [0, 0.1) is 0 Å². The van der Waals surface area contributed by atoms with Crippen molar-refractivity contribution in [2.45, 2.75) is 23.5 Å². The summed E-state index contributed by atoms with van der Waals surface area (Å²) >= 11 is 5.77. The molecule has 198 valence electrons. The minimum Gasteiger partial charge on any atom is -0.465 e. The molecule has 0 saturated heterocycles. The van der Waals surface area contributed by atoms with Crippen LogP contribution in [-0.2, 0) is 10.5 Å². The highest BCUT2D eigenvalue weighted by atomic mass is 35.5. The van der Waals surface area contributed by atoms with Crippen molar-refractivity contribution in [3.05, 3.63) is 88.9 Å². The second kappa shape index (κ2) is 10.3. The summed E-state index contributed by atoms with van der Waals surface area (Å²) < 4.78 is 4.69. The molecule has 0 spiro atoms. The van der Waals surface area contributed by atoms with Gasteiger partial charge in [-0.05, 0) is 47.5 Å². The van der Waals surface area contributed by atoms with Crippen LogP contribution in [0.15, 0.2) is 72.8 Å². The topological polar surface area (TPSA) is 212 Å². The van der Waals surface area contributed by atoms with Crippen LogP contribution in [0.2, 0.25) is 5.02 Å². The third kappa shape index (κ3) is 6.06. The second-order valence-corrected chi connectivity index (χ2v) is 8.54. The van der Waals surface area contributed by atoms with Gasteiger partial charge in [0.25, 0.3) is 11.7 Å². The predicted molar refractivity (Wildman–Crippen MR) is 129 cm³/mol. The SMILES string of the molecule is COC(=O)c1cccc(-c2cccc(NC(O)(O)C(O)(O)NC(O)(O)C(O)(O)c3cccc(Cl)c3)c2)c1. The lowest BCUT2D eigenvalue weighted by Crippen LogP contribution is -2.76. The summed E-state index contributed by atoms with van der Waals surface area (Å²) in [6.07, 6.45) is 0. The highest BCUT2D eigenvalue weighted by Gasteiger charge is 2.59. The van der Waals surface area contributed by atoms with E-state index in [1.165, 1.54) is 54.9 Å². The number of anilines is 1. The van der Waals surface area contributed by atoms with Gasteiger partial charge >= 0.3 is 17.8 Å². The fourth-order valence-corrected chi connectivity index (χ4v) is 3.52. The van der Waals surface area contributed by atoms with Gasteiger partial charge in [0.05, 0.1) is 12.7 Å². The van der Waals surface area contributed by atoms with E-state index in [0.29, 0.717) is 11.1 Å². The molecule has 0 atom stereocenters. The van der Waals surface area contributed by atoms with Crippen LogP contribution in [0.1, 0.15) is 15.9 Å². The van der Waals surface area contributed by atoms with Crippen LogP contribution in [0.3, 0.4) is 0 Å². The highest BCUT2D eigenvalue weighted by molar-refractivity contribution is 6.30. The molecule has 13 heteroatoms. The normalized spacial score (nSPS) is 12.8. The number of halogens is 1. The molecule has 12 nitrogen and oxygen atoms in total. The van der Waals surface area contributed by atoms with Crippen LogP contribution in [-0.4, -0.2) is 71.7 Å². The molecule has 0 amide bonds. The number of carbonyl (C=O) groups is 1. The van der Waals surface area contributed by atoms with Gasteiger partial charge in [0, 0.05) is 16.3 Å². The number of rotatable bonds is 9. The van der Waals surface area contributed by atoms with Gasteiger partial charge in [-0.15, -0.1) is 0 Å². The van der Waals surface area contributed by atoms with E-state index in [2.05, 4.69) is 4.74 Å². The summed E-state index contributed by atoms with van der Waals surface area (Å²) in [5.41, 5.74) is 0.567. The molecule has 37 heavy (non-hydrogen) atoms. The van der Waals surface area contributed by atoms with E-state index in [-0.39, 0.29) is 16.3 Å². The number of nitrogens with one attached hydrogen (secondary N) is 2. The lowest BCUT2D eigenvalue weighted by molar-refractivity contribution is -0.440. The molecule has 10 N–H and O–H groups in total. The Balaban J connectivity index is 1.85. The van der Waals surface area contributed by atoms with Crippen molar-refractivity contribution in [1.82, 2.24) is 5.32 Å². The molecule has 3 aromatic rings. The number of ether oxygens (including phenoxy) is 1. The first-order valence-corrected chi connectivity index (χ1v) is 10.9. The summed E-state index contributed by atoms with van der Waals surface area (Å²) in [6.45, 7) is 0. The lowest BCUT2D eigenvalue weighted by atomic mass is 10.0. The maximum Gasteiger partial charge on any atom is 0.337 e. The smallest absolute Gasteiger partial charge is 0.337 e. The number of hydrogen-bond donors (Lipinski definition) is 10. The molecule has 0 aliphatic heterocycles. The zero-order valence-corrected chi connectivity index (χ0v) is 20.0. The van der Waals surface area contributed by atoms with E-state index in [1.807, 2.05) is 5.32 Å². The first kappa shape index (κ1) is 28.4. The van der Waals surface area contributed by atoms with Crippen molar-refractivity contribution in [3.8, 4) is 11.1 Å². The Labute approximate surface area is 215 Å². The molecular weight excluding hydrogens is 512 g/mol. The van der Waals surface area contributed by atoms with Gasteiger partial charge in [-0.1, -0.05) is 48.0 Å². The van der Waals surface area contributed by atoms with Crippen molar-refractivity contribution in [2.75, 3.05) is 12.4 Å². The number of benzene rings is 3. The molecular formula is C24H25ClN2O10. The Bertz CT molecular complexity index is 1280. The zero-order valence-electron chi connectivity index (χ0n) is 19.2. The van der Waals surface area contributed by atoms with Crippen molar-refractivity contribution >= 4 is 23.3 Å². The van der Waals surface area contributed by atoms with E-state index in [9.17, 15) is 45.6 Å². The third-order valence-electron chi connectivity index (χ3n) is 5.35. The molecule has 0 saturated carbocycles. The quantitative estimate of drug-likeness (QED) is 0.124. The number of carbonyl (C=O) groups excluding carboxylic acids is 1. The lowest BCUT2D eigenvalue weighted by Gasteiger charge is -2.43. The minimum absolute atomic E-state index is 0.0163. The van der Waals surface area contributed by atoms with Gasteiger partial charge < -0.3 is 50.9 Å². The molecule has 0 unspecified atom stereocenters. The average molecular weight is 537 g/mol. The molecule has 0 fully saturated rings. The van der Waals surface area contributed by atoms with Gasteiger partial charge in [-0.2, -0.15) is 0 Å². The predicted octanol–water partition coefficient (Wildman–Crippen LogP) is -0.452. The van der Waals surface area contributed by atoms with E-state index < -0.39 is 35.1 Å². The van der Waals surface area contributed by atoms with Crippen molar-refractivity contribution in [2.24, 2.45) is 0 Å². The molecule has 0 aliphatic rings. The Morgan fingerprint density at radius 3 is 1.97 bits per heavy atom. The number of hydrogen-bond acceptors (Lipinski definition) is 12. The fraction of sp³-hybridized carbons (Fsp3) is 0.208. The highest BCUT2D eigenvalue weighted by Crippen LogP contribution is 2.32. The summed E-state index contributed by atoms with van der Waals surface area (Å²) in [5.74, 6) is -15.9. The Hall–Kier alpha value is -3.14. The Morgan fingerprint density at radius 1 is 0.757 bits per heavy atom. The Morgan fingerprint density at radius 2 is 1.35 bits per heavy atom. The monoisotopic (exact) mass is 536 g/mol. The second-order valence-electron chi connectivity index (χ2n) is 8.10. The third-order valence-corrected chi connectivity index (χ3v) is 5.58. The van der Waals surface area contributed by atoms with E-state index in [4.69, 9.17) is 11.6 Å². The van der Waals surface area contributed by atoms with Crippen LogP contribution >= 0.6 is 11.6 Å². The van der Waals surface area contributed by atoms with Crippen LogP contribution in [0.4, 0.5) is 5.69 Å². The molecule has 0 bridgehead atoms. The van der Waals surface area contributed by atoms with Gasteiger partial charge in [0.15, 0.2) is 0 Å². The summed E-state index contributed by atoms with van der Waals surface area (Å²) in [4.78, 5) is 11.8. The van der Waals surface area contributed by atoms with E-state index in [1.54, 1.807) is 18.2 Å². The minimum atomic E-state index is -4.01. The van der Waals surface area contributed by atoms with Crippen molar-refractivity contribution < 1.29 is 50.4 Å². The summed E-state index contributed by atoms with van der Waals surface area (Å²) in [5, 5.41) is 85.5. The van der Waals surface area contributed by atoms with Crippen molar-refractivity contribution in [1.29, 1.82) is 0 Å². The van der Waals surface area contributed by atoms with Crippen LogP contribution in [0.5, 0.6) is 0 Å². The van der Waals surface area contributed by atoms with Gasteiger partial charge in [-0.3, -0.25) is 0 Å². The maximum atomic E-state index is 11.8. The number of esters is 1. The van der Waals surface area contributed by atoms with Crippen LogP contribution in [0.25, 0.3) is 11.1 Å². The maximum absolute atomic E-state index is 11.8. The van der Waals surface area contributed by atoms with Crippen LogP contribution < -0.4 is 10.6 Å². The molecule has 0 aromatic heterocycles. The summed E-state index contributed by atoms with van der Waals surface area (Å²) in [6, 6.07) is 16.6. The Kier molecular flexibility index (Phi) is 7.93. The fourth-order valence-electron chi connectivity index (χ4n) is 3.33. The standard InChI is InChI=1S/C24H25ClN2O10/c1-37-20(28)16-7-2-5-14(11-16)15-6-3-10-19(12-15)26-23(33,34)24(35,36)27-22(31,32)21(29,30)17-8-4-9-18(25)13-17/h2-13,26-27,29-36H,1H3. The average Bonchev–Trinajstić information content (AvgIpc) is 2.82. The summed E-state index contributed by atoms with van der Waals surface area (Å²) in [7, 11) is 1.23. The van der Waals surface area contributed by atoms with Gasteiger partial charge in [0.1, 0.15) is 0 Å². The molecule has 0 radical (unpaired) electrons. The van der Waals surface area contributed by atoms with Gasteiger partial charge in [0.2, 0.25) is 0 Å². The largest absolute Gasteiger partial charge is 0.465 e. The molecule has 3 rings (SSSR count). The number of methoxy groups -OCH3 is 1. The van der Waals surface area contributed by atoms with E-state index >= 15 is 0 Å². The molecule has 0 heterocycles. The first-order chi connectivity index (χ1) is 17.1. The first-order valence-electron chi connectivity index (χ1n) is 10.5. The zero-order chi connectivity index (χ0) is 27.6. The van der Waals surface area contributed by atoms with E-state index in [0.717, 1.165) is 12.1 Å². The van der Waals surface area contributed by atoms with Gasteiger partial charge in [-0.25, -0.2) is 10.1 Å². The number of aliphatic hydroxyl groups is 8. The van der Waals surface area contributed by atoms with Crippen molar-refractivity contribution in [3.63, 3.8) is 0 Å². The molecule has 0 aliphatic carbocycles. The molecule has 3 aromatic carbocycles.